The number of aromatic nitrogens is 1. The van der Waals surface area contributed by atoms with Crippen molar-refractivity contribution in [1.82, 2.24) is 9.88 Å². The van der Waals surface area contributed by atoms with Crippen LogP contribution in [0.25, 0.3) is 0 Å². The second-order valence-corrected chi connectivity index (χ2v) is 8.58. The molecule has 4 rings (SSSR count). The van der Waals surface area contributed by atoms with Crippen LogP contribution in [0.3, 0.4) is 0 Å². The Hall–Kier alpha value is -2.55. The number of hydrogen-bond acceptors (Lipinski definition) is 5. The summed E-state index contributed by atoms with van der Waals surface area (Å²) in [5.74, 6) is 4.54. The van der Waals surface area contributed by atoms with Gasteiger partial charge in [-0.1, -0.05) is 18.1 Å². The average Bonchev–Trinajstić information content (AvgIpc) is 3.17. The summed E-state index contributed by atoms with van der Waals surface area (Å²) in [4.78, 5) is 7.03. The predicted octanol–water partition coefficient (Wildman–Crippen LogP) is 3.53. The number of rotatable bonds is 6. The molecule has 2 heterocycles. The highest BCUT2D eigenvalue weighted by atomic mass is 16.5. The number of pyridine rings is 1. The lowest BCUT2D eigenvalue weighted by molar-refractivity contribution is -0.0682. The number of methoxy groups -OCH3 is 1. The molecule has 3 unspecified atom stereocenters. The Morgan fingerprint density at radius 2 is 2.13 bits per heavy atom. The minimum Gasteiger partial charge on any atom is -0.493 e. The first-order valence-corrected chi connectivity index (χ1v) is 10.6. The number of likely N-dealkylation sites (tertiary alicyclic amines) is 1. The average molecular weight is 407 g/mol. The second kappa shape index (κ2) is 8.67. The molecule has 1 aliphatic heterocycles. The molecule has 5 heteroatoms. The summed E-state index contributed by atoms with van der Waals surface area (Å²) < 4.78 is 11.0. The van der Waals surface area contributed by atoms with Gasteiger partial charge in [-0.2, -0.15) is 0 Å². The highest BCUT2D eigenvalue weighted by molar-refractivity contribution is 5.43. The summed E-state index contributed by atoms with van der Waals surface area (Å²) in [5.41, 5.74) is 2.26. The van der Waals surface area contributed by atoms with Gasteiger partial charge in [-0.15, -0.1) is 6.42 Å². The fraction of sp³-hybridized carbons (Fsp3) is 0.480. The van der Waals surface area contributed by atoms with Gasteiger partial charge in [0.15, 0.2) is 11.5 Å². The van der Waals surface area contributed by atoms with E-state index in [-0.39, 0.29) is 12.5 Å². The third-order valence-electron chi connectivity index (χ3n) is 6.56. The molecule has 1 saturated carbocycles. The number of benzene rings is 1. The van der Waals surface area contributed by atoms with Gasteiger partial charge in [-0.3, -0.25) is 9.88 Å². The first kappa shape index (κ1) is 20.7. The van der Waals surface area contributed by atoms with Gasteiger partial charge in [0.25, 0.3) is 0 Å². The summed E-state index contributed by atoms with van der Waals surface area (Å²) in [6, 6.07) is 10.0. The summed E-state index contributed by atoms with van der Waals surface area (Å²) in [6.07, 6.45) is 10.1. The van der Waals surface area contributed by atoms with Gasteiger partial charge in [-0.25, -0.2) is 0 Å². The SMILES string of the molecule is C#CCOc1ccc(CN2CC3CCCC(O)(c4ccc(C)cn4)C3C2)cc1OC. The van der Waals surface area contributed by atoms with E-state index in [2.05, 4.69) is 21.9 Å². The van der Waals surface area contributed by atoms with Gasteiger partial charge in [0, 0.05) is 31.7 Å². The van der Waals surface area contributed by atoms with Crippen molar-refractivity contribution in [1.29, 1.82) is 0 Å². The molecular formula is C25H30N2O3. The maximum absolute atomic E-state index is 11.6. The lowest BCUT2D eigenvalue weighted by Crippen LogP contribution is -2.43. The zero-order valence-electron chi connectivity index (χ0n) is 17.8. The third kappa shape index (κ3) is 4.03. The van der Waals surface area contributed by atoms with E-state index >= 15 is 0 Å². The van der Waals surface area contributed by atoms with Crippen molar-refractivity contribution in [2.24, 2.45) is 11.8 Å². The van der Waals surface area contributed by atoms with E-state index in [1.807, 2.05) is 37.4 Å². The Morgan fingerprint density at radius 3 is 2.87 bits per heavy atom. The van der Waals surface area contributed by atoms with Crippen LogP contribution >= 0.6 is 0 Å². The number of hydrogen-bond donors (Lipinski definition) is 1. The molecule has 30 heavy (non-hydrogen) atoms. The quantitative estimate of drug-likeness (QED) is 0.744. The first-order valence-electron chi connectivity index (χ1n) is 10.6. The van der Waals surface area contributed by atoms with E-state index in [4.69, 9.17) is 15.9 Å². The molecule has 0 bridgehead atoms. The summed E-state index contributed by atoms with van der Waals surface area (Å²) in [7, 11) is 1.64. The smallest absolute Gasteiger partial charge is 0.162 e. The molecule has 1 N–H and O–H groups in total. The number of ether oxygens (including phenoxy) is 2. The van der Waals surface area contributed by atoms with Crippen LogP contribution < -0.4 is 9.47 Å². The summed E-state index contributed by atoms with van der Waals surface area (Å²) in [5, 5.41) is 11.6. The molecule has 2 fully saturated rings. The Morgan fingerprint density at radius 1 is 1.27 bits per heavy atom. The largest absolute Gasteiger partial charge is 0.493 e. The standard InChI is InChI=1S/C25H30N2O3/c1-4-12-30-22-9-8-19(13-23(22)29-3)15-27-16-20-6-5-11-25(28,21(20)17-27)24-10-7-18(2)14-26-24/h1,7-10,13-14,20-21,28H,5-6,11-12,15-17H2,2-3H3. The molecule has 0 spiro atoms. The molecular weight excluding hydrogens is 376 g/mol. The fourth-order valence-corrected chi connectivity index (χ4v) is 5.09. The zero-order valence-corrected chi connectivity index (χ0v) is 17.8. The molecule has 3 atom stereocenters. The summed E-state index contributed by atoms with van der Waals surface area (Å²) in [6.45, 7) is 4.93. The molecule has 1 aromatic heterocycles. The molecule has 1 saturated heterocycles. The molecule has 5 nitrogen and oxygen atoms in total. The minimum atomic E-state index is -0.837. The highest BCUT2D eigenvalue weighted by Gasteiger charge is 2.50. The molecule has 158 valence electrons. The van der Waals surface area contributed by atoms with Gasteiger partial charge in [0.05, 0.1) is 12.8 Å². The van der Waals surface area contributed by atoms with Crippen molar-refractivity contribution in [2.75, 3.05) is 26.8 Å². The van der Waals surface area contributed by atoms with Crippen molar-refractivity contribution in [2.45, 2.75) is 38.3 Å². The molecule has 2 aliphatic rings. The topological polar surface area (TPSA) is 54.8 Å². The number of aryl methyl sites for hydroxylation is 1. The Bertz CT molecular complexity index is 921. The van der Waals surface area contributed by atoms with Gasteiger partial charge in [-0.05, 0) is 61.4 Å². The molecule has 1 aliphatic carbocycles. The van der Waals surface area contributed by atoms with Crippen LogP contribution in [0.4, 0.5) is 0 Å². The van der Waals surface area contributed by atoms with Crippen molar-refractivity contribution < 1.29 is 14.6 Å². The number of nitrogens with zero attached hydrogens (tertiary/aromatic N) is 2. The lowest BCUT2D eigenvalue weighted by Gasteiger charge is -2.40. The van der Waals surface area contributed by atoms with Crippen molar-refractivity contribution in [3.63, 3.8) is 0 Å². The van der Waals surface area contributed by atoms with E-state index in [9.17, 15) is 5.11 Å². The monoisotopic (exact) mass is 406 g/mol. The Kier molecular flexibility index (Phi) is 5.99. The molecule has 1 aromatic carbocycles. The van der Waals surface area contributed by atoms with Crippen molar-refractivity contribution in [3.8, 4) is 23.8 Å². The third-order valence-corrected chi connectivity index (χ3v) is 6.56. The van der Waals surface area contributed by atoms with Crippen LogP contribution in [-0.2, 0) is 12.1 Å². The van der Waals surface area contributed by atoms with E-state index in [0.29, 0.717) is 17.4 Å². The maximum atomic E-state index is 11.6. The van der Waals surface area contributed by atoms with Crippen LogP contribution in [0.1, 0.15) is 36.1 Å². The zero-order chi connectivity index (χ0) is 21.1. The van der Waals surface area contributed by atoms with E-state index in [0.717, 1.165) is 55.7 Å². The predicted molar refractivity (Wildman–Crippen MR) is 116 cm³/mol. The van der Waals surface area contributed by atoms with Crippen LogP contribution in [0.2, 0.25) is 0 Å². The van der Waals surface area contributed by atoms with Crippen LogP contribution in [0.15, 0.2) is 36.5 Å². The minimum absolute atomic E-state index is 0.210. The van der Waals surface area contributed by atoms with Crippen molar-refractivity contribution in [3.05, 3.63) is 53.3 Å². The van der Waals surface area contributed by atoms with Crippen molar-refractivity contribution >= 4 is 0 Å². The van der Waals surface area contributed by atoms with Crippen LogP contribution in [-0.4, -0.2) is 41.8 Å². The molecule has 0 radical (unpaired) electrons. The fourth-order valence-electron chi connectivity index (χ4n) is 5.09. The second-order valence-electron chi connectivity index (χ2n) is 8.58. The van der Waals surface area contributed by atoms with E-state index < -0.39 is 5.60 Å². The van der Waals surface area contributed by atoms with E-state index in [1.54, 1.807) is 7.11 Å². The number of aliphatic hydroxyl groups is 1. The normalized spacial score (nSPS) is 26.1. The first-order chi connectivity index (χ1) is 14.5. The Labute approximate surface area is 179 Å². The van der Waals surface area contributed by atoms with E-state index in [1.165, 1.54) is 0 Å². The highest BCUT2D eigenvalue weighted by Crippen LogP contribution is 2.48. The van der Waals surface area contributed by atoms with Gasteiger partial charge in [0.1, 0.15) is 12.2 Å². The lowest BCUT2D eigenvalue weighted by atomic mass is 9.69. The molecule has 0 amide bonds. The number of terminal acetylenes is 1. The number of fused-ring (bicyclic) bond motifs is 1. The summed E-state index contributed by atoms with van der Waals surface area (Å²) >= 11 is 0. The molecule has 2 aromatic rings. The van der Waals surface area contributed by atoms with Crippen LogP contribution in [0.5, 0.6) is 11.5 Å². The van der Waals surface area contributed by atoms with Gasteiger partial charge < -0.3 is 14.6 Å². The van der Waals surface area contributed by atoms with Crippen LogP contribution in [0, 0.1) is 31.1 Å². The van der Waals surface area contributed by atoms with Gasteiger partial charge in [0.2, 0.25) is 0 Å². The maximum Gasteiger partial charge on any atom is 0.162 e. The Balaban J connectivity index is 1.49. The van der Waals surface area contributed by atoms with Gasteiger partial charge >= 0.3 is 0 Å².